The summed E-state index contributed by atoms with van der Waals surface area (Å²) in [6.07, 6.45) is 5.66. The van der Waals surface area contributed by atoms with Gasteiger partial charge in [-0.1, -0.05) is 43.3 Å². The summed E-state index contributed by atoms with van der Waals surface area (Å²) in [5.41, 5.74) is 2.08. The van der Waals surface area contributed by atoms with Gasteiger partial charge in [0.25, 0.3) is 0 Å². The summed E-state index contributed by atoms with van der Waals surface area (Å²) in [7, 11) is 0. The highest BCUT2D eigenvalue weighted by atomic mass is 19.1. The molecule has 0 fully saturated rings. The van der Waals surface area contributed by atoms with Crippen LogP contribution in [0.15, 0.2) is 79.4 Å². The molecule has 0 spiro atoms. The molecule has 0 aliphatic carbocycles. The summed E-state index contributed by atoms with van der Waals surface area (Å²) >= 11 is 0. The lowest BCUT2D eigenvalue weighted by Crippen LogP contribution is -2.22. The first kappa shape index (κ1) is 21.0. The van der Waals surface area contributed by atoms with Gasteiger partial charge in [-0.3, -0.25) is 0 Å². The minimum Gasteiger partial charge on any atom is -0.454 e. The molecule has 1 aliphatic rings. The molecule has 0 aromatic heterocycles. The molecular weight excluding hydrogens is 391 g/mol. The highest BCUT2D eigenvalue weighted by Gasteiger charge is 2.28. The van der Waals surface area contributed by atoms with Crippen LogP contribution in [0.25, 0.3) is 0 Å². The van der Waals surface area contributed by atoms with Gasteiger partial charge in [-0.05, 0) is 73.2 Å². The van der Waals surface area contributed by atoms with Crippen LogP contribution < -0.4 is 14.2 Å². The van der Waals surface area contributed by atoms with Crippen LogP contribution in [0.5, 0.6) is 23.0 Å². The number of hydrogen-bond donors (Lipinski definition) is 0. The summed E-state index contributed by atoms with van der Waals surface area (Å²) in [5.74, 6) is 2.10. The zero-order valence-corrected chi connectivity index (χ0v) is 17.8. The van der Waals surface area contributed by atoms with E-state index >= 15 is 0 Å². The SMILES string of the molecule is C=CC(CC)(CCCc1ccc(F)c(Oc2ccccc2)c1)c1ccc2c(c1)OCO2. The zero-order valence-electron chi connectivity index (χ0n) is 17.8. The summed E-state index contributed by atoms with van der Waals surface area (Å²) < 4.78 is 31.0. The number of aryl methyl sites for hydroxylation is 1. The van der Waals surface area contributed by atoms with E-state index in [-0.39, 0.29) is 23.8 Å². The van der Waals surface area contributed by atoms with Crippen molar-refractivity contribution < 1.29 is 18.6 Å². The number of fused-ring (bicyclic) bond motifs is 1. The standard InChI is InChI=1S/C27H27FO3/c1-3-27(4-2,21-13-15-24-26(18-21)30-19-29-24)16-8-9-20-12-14-23(28)25(17-20)31-22-10-6-5-7-11-22/h3,5-7,10-15,17-18H,1,4,8-9,16,19H2,2H3. The van der Waals surface area contributed by atoms with Crippen molar-refractivity contribution in [2.24, 2.45) is 0 Å². The third-order valence-electron chi connectivity index (χ3n) is 6.02. The van der Waals surface area contributed by atoms with Gasteiger partial charge in [0.1, 0.15) is 5.75 Å². The van der Waals surface area contributed by atoms with Crippen LogP contribution in [0.3, 0.4) is 0 Å². The largest absolute Gasteiger partial charge is 0.454 e. The minimum absolute atomic E-state index is 0.148. The third kappa shape index (κ3) is 4.58. The van der Waals surface area contributed by atoms with E-state index in [2.05, 4.69) is 25.6 Å². The Bertz CT molecular complexity index is 1050. The molecule has 4 heteroatoms. The monoisotopic (exact) mass is 418 g/mol. The molecule has 1 atom stereocenters. The maximum Gasteiger partial charge on any atom is 0.231 e. The topological polar surface area (TPSA) is 27.7 Å². The van der Waals surface area contributed by atoms with E-state index in [0.717, 1.165) is 42.7 Å². The number of benzene rings is 3. The van der Waals surface area contributed by atoms with Gasteiger partial charge in [-0.2, -0.15) is 0 Å². The van der Waals surface area contributed by atoms with Crippen LogP contribution in [0, 0.1) is 5.82 Å². The normalized spacial score (nSPS) is 14.1. The predicted molar refractivity (Wildman–Crippen MR) is 121 cm³/mol. The first-order valence-electron chi connectivity index (χ1n) is 10.7. The minimum atomic E-state index is -0.359. The van der Waals surface area contributed by atoms with Gasteiger partial charge in [-0.15, -0.1) is 6.58 Å². The van der Waals surface area contributed by atoms with E-state index in [1.807, 2.05) is 48.5 Å². The van der Waals surface area contributed by atoms with Gasteiger partial charge in [0, 0.05) is 5.41 Å². The Morgan fingerprint density at radius 2 is 1.84 bits per heavy atom. The van der Waals surface area contributed by atoms with Crippen molar-refractivity contribution in [2.45, 2.75) is 38.0 Å². The molecule has 3 nitrogen and oxygen atoms in total. The lowest BCUT2D eigenvalue weighted by molar-refractivity contribution is 0.174. The Morgan fingerprint density at radius 3 is 2.61 bits per heavy atom. The molecule has 0 N–H and O–H groups in total. The lowest BCUT2D eigenvalue weighted by Gasteiger charge is -2.30. The molecule has 0 bridgehead atoms. The van der Waals surface area contributed by atoms with Crippen molar-refractivity contribution in [1.82, 2.24) is 0 Å². The first-order chi connectivity index (χ1) is 15.1. The molecule has 0 saturated heterocycles. The molecule has 1 heterocycles. The zero-order chi connectivity index (χ0) is 21.7. The average molecular weight is 419 g/mol. The first-order valence-corrected chi connectivity index (χ1v) is 10.7. The van der Waals surface area contributed by atoms with Crippen LogP contribution in [0.2, 0.25) is 0 Å². The van der Waals surface area contributed by atoms with Gasteiger partial charge in [0.05, 0.1) is 0 Å². The Labute approximate surface area is 183 Å². The molecule has 160 valence electrons. The number of ether oxygens (including phenoxy) is 3. The van der Waals surface area contributed by atoms with Crippen LogP contribution in [-0.2, 0) is 11.8 Å². The van der Waals surface area contributed by atoms with Crippen molar-refractivity contribution in [2.75, 3.05) is 6.79 Å². The summed E-state index contributed by atoms with van der Waals surface area (Å²) in [4.78, 5) is 0. The number of allylic oxidation sites excluding steroid dienone is 1. The van der Waals surface area contributed by atoms with Gasteiger partial charge in [0.2, 0.25) is 6.79 Å². The second kappa shape index (κ2) is 9.25. The molecule has 1 aliphatic heterocycles. The van der Waals surface area contributed by atoms with E-state index in [1.165, 1.54) is 11.6 Å². The van der Waals surface area contributed by atoms with Crippen LogP contribution in [0.1, 0.15) is 37.3 Å². The number of rotatable bonds is 9. The van der Waals surface area contributed by atoms with Gasteiger partial charge < -0.3 is 14.2 Å². The number of para-hydroxylation sites is 1. The molecular formula is C27H27FO3. The highest BCUT2D eigenvalue weighted by molar-refractivity contribution is 5.47. The fourth-order valence-corrected chi connectivity index (χ4v) is 4.10. The maximum atomic E-state index is 14.2. The molecule has 4 rings (SSSR count). The van der Waals surface area contributed by atoms with Gasteiger partial charge in [0.15, 0.2) is 23.1 Å². The Morgan fingerprint density at radius 1 is 1.03 bits per heavy atom. The van der Waals surface area contributed by atoms with Gasteiger partial charge in [-0.25, -0.2) is 4.39 Å². The van der Waals surface area contributed by atoms with Crippen molar-refractivity contribution in [3.05, 3.63) is 96.3 Å². The predicted octanol–water partition coefficient (Wildman–Crippen LogP) is 7.20. The molecule has 3 aromatic carbocycles. The molecule has 31 heavy (non-hydrogen) atoms. The average Bonchev–Trinajstić information content (AvgIpc) is 3.28. The van der Waals surface area contributed by atoms with Crippen molar-refractivity contribution in [3.8, 4) is 23.0 Å². The second-order valence-corrected chi connectivity index (χ2v) is 7.82. The van der Waals surface area contributed by atoms with Gasteiger partial charge >= 0.3 is 0 Å². The molecule has 0 radical (unpaired) electrons. The summed E-state index contributed by atoms with van der Waals surface area (Å²) in [5, 5.41) is 0. The van der Waals surface area contributed by atoms with Crippen LogP contribution in [0.4, 0.5) is 4.39 Å². The Kier molecular flexibility index (Phi) is 6.26. The number of halogens is 1. The van der Waals surface area contributed by atoms with E-state index in [4.69, 9.17) is 14.2 Å². The lowest BCUT2D eigenvalue weighted by atomic mass is 9.74. The summed E-state index contributed by atoms with van der Waals surface area (Å²) in [6.45, 7) is 6.57. The highest BCUT2D eigenvalue weighted by Crippen LogP contribution is 2.41. The van der Waals surface area contributed by atoms with E-state index in [0.29, 0.717) is 5.75 Å². The third-order valence-corrected chi connectivity index (χ3v) is 6.02. The van der Waals surface area contributed by atoms with Crippen LogP contribution in [-0.4, -0.2) is 6.79 Å². The van der Waals surface area contributed by atoms with E-state index < -0.39 is 0 Å². The second-order valence-electron chi connectivity index (χ2n) is 7.82. The van der Waals surface area contributed by atoms with Crippen molar-refractivity contribution in [1.29, 1.82) is 0 Å². The maximum absolute atomic E-state index is 14.2. The quantitative estimate of drug-likeness (QED) is 0.344. The molecule has 0 amide bonds. The smallest absolute Gasteiger partial charge is 0.231 e. The summed E-state index contributed by atoms with van der Waals surface area (Å²) in [6, 6.07) is 20.5. The molecule has 3 aromatic rings. The molecule has 0 saturated carbocycles. The van der Waals surface area contributed by atoms with Crippen LogP contribution >= 0.6 is 0 Å². The van der Waals surface area contributed by atoms with E-state index in [9.17, 15) is 4.39 Å². The van der Waals surface area contributed by atoms with E-state index in [1.54, 1.807) is 6.07 Å². The number of hydrogen-bond acceptors (Lipinski definition) is 3. The molecule has 1 unspecified atom stereocenters. The van der Waals surface area contributed by atoms with Crippen molar-refractivity contribution >= 4 is 0 Å². The fraction of sp³-hybridized carbons (Fsp3) is 0.259. The Balaban J connectivity index is 1.45. The Hall–Kier alpha value is -3.27. The van der Waals surface area contributed by atoms with Crippen molar-refractivity contribution in [3.63, 3.8) is 0 Å². The fourth-order valence-electron chi connectivity index (χ4n) is 4.10.